The number of sulfonamides is 1. The molecule has 3 amide bonds. The molecule has 1 saturated heterocycles. The molecular weight excluding hydrogens is 558 g/mol. The summed E-state index contributed by atoms with van der Waals surface area (Å²) in [6, 6.07) is 13.8. The van der Waals surface area contributed by atoms with Gasteiger partial charge in [-0.25, -0.2) is 22.0 Å². The molecule has 1 aliphatic heterocycles. The van der Waals surface area contributed by atoms with Gasteiger partial charge in [-0.2, -0.15) is 4.31 Å². The highest BCUT2D eigenvalue weighted by Gasteiger charge is 2.45. The number of rotatable bonds is 8. The first kappa shape index (κ1) is 29.6. The number of anilines is 1. The molecule has 0 aromatic heterocycles. The van der Waals surface area contributed by atoms with Gasteiger partial charge in [-0.1, -0.05) is 29.8 Å². The molecule has 1 heterocycles. The molecule has 4 rings (SSSR count). The zero-order chi connectivity index (χ0) is 29.7. The second-order valence-corrected chi connectivity index (χ2v) is 11.4. The molecule has 1 aliphatic rings. The number of aryl methyl sites for hydroxylation is 1. The molecule has 2 unspecified atom stereocenters. The first-order valence-electron chi connectivity index (χ1n) is 12.6. The lowest BCUT2D eigenvalue weighted by Gasteiger charge is -2.42. The third-order valence-corrected chi connectivity index (χ3v) is 8.36. The van der Waals surface area contributed by atoms with Gasteiger partial charge in [-0.15, -0.1) is 0 Å². The van der Waals surface area contributed by atoms with Crippen LogP contribution >= 0.6 is 0 Å². The summed E-state index contributed by atoms with van der Waals surface area (Å²) in [5, 5.41) is 14.7. The van der Waals surface area contributed by atoms with E-state index in [2.05, 4.69) is 10.6 Å². The maximum atomic E-state index is 13.9. The summed E-state index contributed by atoms with van der Waals surface area (Å²) in [5.41, 5.74) is 1.50. The van der Waals surface area contributed by atoms with E-state index < -0.39 is 58.2 Å². The van der Waals surface area contributed by atoms with Gasteiger partial charge in [0.25, 0.3) is 5.91 Å². The molecule has 3 aromatic carbocycles. The number of nitrogens with one attached hydrogen (secondary N) is 2. The molecular formula is C28H28F2N4O6S. The predicted octanol–water partition coefficient (Wildman–Crippen LogP) is 3.86. The van der Waals surface area contributed by atoms with Crippen LogP contribution in [0.2, 0.25) is 0 Å². The lowest BCUT2D eigenvalue weighted by molar-refractivity contribution is -0.138. The Bertz CT molecular complexity index is 1530. The lowest BCUT2D eigenvalue weighted by atomic mass is 10.0. The minimum atomic E-state index is -4.43. The van der Waals surface area contributed by atoms with Crippen LogP contribution in [0.3, 0.4) is 0 Å². The molecule has 1 fully saturated rings. The van der Waals surface area contributed by atoms with Crippen LogP contribution in [-0.2, 0) is 19.6 Å². The number of amides is 3. The molecule has 13 heteroatoms. The fraction of sp³-hybridized carbons (Fsp3) is 0.250. The Kier molecular flexibility index (Phi) is 8.98. The average Bonchev–Trinajstić information content (AvgIpc) is 2.93. The van der Waals surface area contributed by atoms with Crippen molar-refractivity contribution in [1.29, 1.82) is 0 Å². The van der Waals surface area contributed by atoms with E-state index in [1.54, 1.807) is 31.2 Å². The fourth-order valence-corrected chi connectivity index (χ4v) is 6.16. The third kappa shape index (κ3) is 7.05. The van der Waals surface area contributed by atoms with Crippen molar-refractivity contribution in [1.82, 2.24) is 14.5 Å². The second-order valence-electron chi connectivity index (χ2n) is 9.50. The molecule has 2 atom stereocenters. The minimum absolute atomic E-state index is 0.0193. The molecule has 41 heavy (non-hydrogen) atoms. The number of carboxylic acid groups (broad SMARTS) is 1. The summed E-state index contributed by atoms with van der Waals surface area (Å²) >= 11 is 0. The first-order valence-corrected chi connectivity index (χ1v) is 14.1. The number of urea groups is 1. The van der Waals surface area contributed by atoms with Crippen molar-refractivity contribution in [3.63, 3.8) is 0 Å². The van der Waals surface area contributed by atoms with Gasteiger partial charge in [0, 0.05) is 18.8 Å². The Balaban J connectivity index is 1.72. The van der Waals surface area contributed by atoms with Crippen LogP contribution in [-0.4, -0.2) is 59.9 Å². The van der Waals surface area contributed by atoms with Gasteiger partial charge in [0.1, 0.15) is 11.6 Å². The van der Waals surface area contributed by atoms with E-state index in [0.29, 0.717) is 5.56 Å². The number of hydrogen-bond donors (Lipinski definition) is 3. The number of carbonyl (C=O) groups is 3. The standard InChI is InChI=1S/C28H28F2N4O6S/c1-18-4-2-5-19(16-18)24(17-25(35)36)32-26(37)27-33(28(38)31-22-10-6-20(29)7-11-22)14-3-15-34(27)41(39,40)23-12-8-21(30)9-13-23/h2,4-13,16,24,27H,3,14-15,17H2,1H3,(H,31,38)(H,32,37)(H,35,36). The van der Waals surface area contributed by atoms with Crippen molar-refractivity contribution in [3.8, 4) is 0 Å². The highest BCUT2D eigenvalue weighted by molar-refractivity contribution is 7.89. The summed E-state index contributed by atoms with van der Waals surface area (Å²) in [5.74, 6) is -3.33. The summed E-state index contributed by atoms with van der Waals surface area (Å²) in [4.78, 5) is 39.6. The Morgan fingerprint density at radius 3 is 2.22 bits per heavy atom. The zero-order valence-electron chi connectivity index (χ0n) is 22.0. The van der Waals surface area contributed by atoms with E-state index in [1.807, 2.05) is 0 Å². The second kappa shape index (κ2) is 12.4. The summed E-state index contributed by atoms with van der Waals surface area (Å²) in [6.45, 7) is 1.63. The number of aliphatic carboxylic acids is 1. The Morgan fingerprint density at radius 2 is 1.61 bits per heavy atom. The topological polar surface area (TPSA) is 136 Å². The molecule has 10 nitrogen and oxygen atoms in total. The largest absolute Gasteiger partial charge is 0.481 e. The predicted molar refractivity (Wildman–Crippen MR) is 145 cm³/mol. The van der Waals surface area contributed by atoms with Gasteiger partial charge in [0.05, 0.1) is 17.4 Å². The average molecular weight is 587 g/mol. The normalized spacial score (nSPS) is 16.6. The van der Waals surface area contributed by atoms with Crippen LogP contribution in [0.1, 0.15) is 30.0 Å². The first-order chi connectivity index (χ1) is 19.5. The Morgan fingerprint density at radius 1 is 0.976 bits per heavy atom. The van der Waals surface area contributed by atoms with Crippen LogP contribution in [0, 0.1) is 18.6 Å². The summed E-state index contributed by atoms with van der Waals surface area (Å²) in [7, 11) is -4.43. The summed E-state index contributed by atoms with van der Waals surface area (Å²) in [6.07, 6.45) is -2.06. The van der Waals surface area contributed by atoms with Crippen molar-refractivity contribution in [2.75, 3.05) is 18.4 Å². The van der Waals surface area contributed by atoms with Crippen LogP contribution in [0.4, 0.5) is 19.3 Å². The van der Waals surface area contributed by atoms with E-state index in [1.165, 1.54) is 12.1 Å². The van der Waals surface area contributed by atoms with Crippen molar-refractivity contribution in [2.45, 2.75) is 36.9 Å². The number of carboxylic acids is 1. The smallest absolute Gasteiger partial charge is 0.323 e. The van der Waals surface area contributed by atoms with Crippen LogP contribution in [0.5, 0.6) is 0 Å². The van der Waals surface area contributed by atoms with Crippen molar-refractivity contribution < 1.29 is 36.7 Å². The maximum Gasteiger partial charge on any atom is 0.323 e. The molecule has 0 spiro atoms. The maximum absolute atomic E-state index is 13.9. The third-order valence-electron chi connectivity index (χ3n) is 6.50. The molecule has 0 bridgehead atoms. The Hall–Kier alpha value is -4.36. The Labute approximate surface area is 235 Å². The number of halogens is 2. The molecule has 3 aromatic rings. The molecule has 0 saturated carbocycles. The number of carbonyl (C=O) groups excluding carboxylic acids is 2. The van der Waals surface area contributed by atoms with E-state index in [9.17, 15) is 36.7 Å². The number of benzene rings is 3. The van der Waals surface area contributed by atoms with Gasteiger partial charge in [-0.05, 0) is 67.4 Å². The fourth-order valence-electron chi connectivity index (χ4n) is 4.56. The molecule has 216 valence electrons. The van der Waals surface area contributed by atoms with Gasteiger partial charge in [-0.3, -0.25) is 14.5 Å². The SMILES string of the molecule is Cc1cccc(C(CC(=O)O)NC(=O)C2N(C(=O)Nc3ccc(F)cc3)CCCN2S(=O)(=O)c2ccc(F)cc2)c1. The van der Waals surface area contributed by atoms with Gasteiger partial charge >= 0.3 is 12.0 Å². The molecule has 0 aliphatic carbocycles. The van der Waals surface area contributed by atoms with Gasteiger partial charge in [0.15, 0.2) is 6.17 Å². The van der Waals surface area contributed by atoms with Crippen molar-refractivity contribution in [3.05, 3.63) is 95.6 Å². The van der Waals surface area contributed by atoms with Crippen LogP contribution in [0.15, 0.2) is 77.7 Å². The van der Waals surface area contributed by atoms with Crippen molar-refractivity contribution >= 4 is 33.6 Å². The molecule has 0 radical (unpaired) electrons. The lowest BCUT2D eigenvalue weighted by Crippen LogP contribution is -2.64. The van der Waals surface area contributed by atoms with Crippen LogP contribution in [0.25, 0.3) is 0 Å². The van der Waals surface area contributed by atoms with E-state index in [4.69, 9.17) is 0 Å². The minimum Gasteiger partial charge on any atom is -0.481 e. The highest BCUT2D eigenvalue weighted by Crippen LogP contribution is 2.27. The highest BCUT2D eigenvalue weighted by atomic mass is 32.2. The van der Waals surface area contributed by atoms with E-state index >= 15 is 0 Å². The monoisotopic (exact) mass is 586 g/mol. The number of hydrogen-bond acceptors (Lipinski definition) is 5. The van der Waals surface area contributed by atoms with Gasteiger partial charge < -0.3 is 15.7 Å². The zero-order valence-corrected chi connectivity index (χ0v) is 22.8. The van der Waals surface area contributed by atoms with Crippen molar-refractivity contribution in [2.24, 2.45) is 0 Å². The summed E-state index contributed by atoms with van der Waals surface area (Å²) < 4.78 is 55.1. The van der Waals surface area contributed by atoms with Crippen LogP contribution < -0.4 is 10.6 Å². The molecule has 3 N–H and O–H groups in total. The van der Waals surface area contributed by atoms with E-state index in [-0.39, 0.29) is 30.1 Å². The number of nitrogens with zero attached hydrogens (tertiary/aromatic N) is 2. The quantitative estimate of drug-likeness (QED) is 0.367. The van der Waals surface area contributed by atoms with E-state index in [0.717, 1.165) is 51.2 Å². The van der Waals surface area contributed by atoms with Gasteiger partial charge in [0.2, 0.25) is 10.0 Å².